The average Bonchev–Trinajstić information content (AvgIpc) is 2.38. The number of nitrogens with zero attached hydrogens (tertiary/aromatic N) is 4. The van der Waals surface area contributed by atoms with Gasteiger partial charge in [0.1, 0.15) is 5.82 Å². The molecule has 2 rings (SSSR count). The summed E-state index contributed by atoms with van der Waals surface area (Å²) in [6.45, 7) is 1.52. The molecule has 0 bridgehead atoms. The summed E-state index contributed by atoms with van der Waals surface area (Å²) in [5, 5.41) is 11.1. The molecule has 1 fully saturated rings. The number of nitro groups is 1. The van der Waals surface area contributed by atoms with Crippen LogP contribution in [0.5, 0.6) is 0 Å². The Morgan fingerprint density at radius 1 is 1.53 bits per heavy atom. The Kier molecular flexibility index (Phi) is 3.84. The fourth-order valence-corrected chi connectivity index (χ4v) is 2.40. The molecule has 0 radical (unpaired) electrons. The summed E-state index contributed by atoms with van der Waals surface area (Å²) in [5.41, 5.74) is 5.68. The molecule has 0 aliphatic carbocycles. The Labute approximate surface area is 112 Å². The fraction of sp³-hybridized carbons (Fsp3) is 0.583. The summed E-state index contributed by atoms with van der Waals surface area (Å²) in [6, 6.07) is 3.28. The molecule has 1 aliphatic rings. The molecular formula is C12H19N5O2. The van der Waals surface area contributed by atoms with E-state index in [9.17, 15) is 10.1 Å². The van der Waals surface area contributed by atoms with E-state index in [4.69, 9.17) is 5.73 Å². The van der Waals surface area contributed by atoms with E-state index in [2.05, 4.69) is 9.88 Å². The van der Waals surface area contributed by atoms with E-state index >= 15 is 0 Å². The summed E-state index contributed by atoms with van der Waals surface area (Å²) < 4.78 is 0. The number of rotatable bonds is 3. The summed E-state index contributed by atoms with van der Waals surface area (Å²) in [7, 11) is 4.05. The van der Waals surface area contributed by atoms with Crippen molar-refractivity contribution in [2.45, 2.75) is 18.9 Å². The van der Waals surface area contributed by atoms with Crippen LogP contribution in [0.2, 0.25) is 0 Å². The predicted octanol–water partition coefficient (Wildman–Crippen LogP) is 1.10. The molecule has 0 aromatic carbocycles. The minimum atomic E-state index is -0.402. The highest BCUT2D eigenvalue weighted by Gasteiger charge is 2.27. The lowest BCUT2D eigenvalue weighted by molar-refractivity contribution is -0.384. The van der Waals surface area contributed by atoms with Gasteiger partial charge in [-0.2, -0.15) is 0 Å². The Bertz CT molecular complexity index is 477. The van der Waals surface area contributed by atoms with Gasteiger partial charge in [-0.25, -0.2) is 4.98 Å². The molecule has 2 N–H and O–H groups in total. The van der Waals surface area contributed by atoms with Gasteiger partial charge in [-0.3, -0.25) is 10.1 Å². The average molecular weight is 265 g/mol. The zero-order valence-electron chi connectivity index (χ0n) is 11.2. The van der Waals surface area contributed by atoms with Gasteiger partial charge in [-0.05, 0) is 33.0 Å². The normalized spacial score (nSPS) is 19.7. The first kappa shape index (κ1) is 13.5. The lowest BCUT2D eigenvalue weighted by atomic mass is 10.0. The second-order valence-corrected chi connectivity index (χ2v) is 5.04. The van der Waals surface area contributed by atoms with Gasteiger partial charge in [0, 0.05) is 25.2 Å². The van der Waals surface area contributed by atoms with Gasteiger partial charge in [0.05, 0.1) is 4.92 Å². The molecule has 7 nitrogen and oxygen atoms in total. The van der Waals surface area contributed by atoms with Crippen LogP contribution in [0.3, 0.4) is 0 Å². The Balaban J connectivity index is 2.30. The number of pyridine rings is 1. The smallest absolute Gasteiger partial charge is 0.311 e. The highest BCUT2D eigenvalue weighted by atomic mass is 16.6. The van der Waals surface area contributed by atoms with Crippen LogP contribution >= 0.6 is 0 Å². The van der Waals surface area contributed by atoms with Crippen LogP contribution in [-0.4, -0.2) is 48.0 Å². The van der Waals surface area contributed by atoms with Gasteiger partial charge in [0.2, 0.25) is 5.82 Å². The first-order valence-corrected chi connectivity index (χ1v) is 6.31. The van der Waals surface area contributed by atoms with Gasteiger partial charge in [-0.1, -0.05) is 0 Å². The highest BCUT2D eigenvalue weighted by Crippen LogP contribution is 2.29. The van der Waals surface area contributed by atoms with E-state index < -0.39 is 4.92 Å². The summed E-state index contributed by atoms with van der Waals surface area (Å²) >= 11 is 0. The van der Waals surface area contributed by atoms with E-state index in [0.29, 0.717) is 17.7 Å². The van der Waals surface area contributed by atoms with Crippen LogP contribution in [-0.2, 0) is 0 Å². The van der Waals surface area contributed by atoms with Crippen LogP contribution in [0.15, 0.2) is 12.1 Å². The van der Waals surface area contributed by atoms with Crippen molar-refractivity contribution in [1.29, 1.82) is 0 Å². The largest absolute Gasteiger partial charge is 0.384 e. The molecule has 1 unspecified atom stereocenters. The minimum Gasteiger partial charge on any atom is -0.384 e. The van der Waals surface area contributed by atoms with E-state index in [1.54, 1.807) is 0 Å². The van der Waals surface area contributed by atoms with E-state index in [1.807, 2.05) is 19.0 Å². The molecule has 7 heteroatoms. The Hall–Kier alpha value is -1.89. The number of hydrogen-bond acceptors (Lipinski definition) is 6. The molecule has 2 heterocycles. The second-order valence-electron chi connectivity index (χ2n) is 5.04. The summed E-state index contributed by atoms with van der Waals surface area (Å²) in [6.07, 6.45) is 2.09. The summed E-state index contributed by atoms with van der Waals surface area (Å²) in [4.78, 5) is 18.9. The molecule has 0 amide bonds. The predicted molar refractivity (Wildman–Crippen MR) is 74.2 cm³/mol. The third-order valence-electron chi connectivity index (χ3n) is 3.50. The van der Waals surface area contributed by atoms with Crippen LogP contribution < -0.4 is 10.6 Å². The van der Waals surface area contributed by atoms with Crippen LogP contribution in [0.4, 0.5) is 17.3 Å². The number of nitrogen functional groups attached to an aromatic ring is 1. The van der Waals surface area contributed by atoms with Gasteiger partial charge < -0.3 is 15.5 Å². The monoisotopic (exact) mass is 265 g/mol. The molecule has 0 saturated carbocycles. The lowest BCUT2D eigenvalue weighted by Crippen LogP contribution is -2.45. The standard InChI is InChI=1S/C12H19N5O2/c1-15(2)9-4-3-7-16(8-9)12-10(17(18)19)5-6-11(13)14-12/h5-6,9H,3-4,7-8H2,1-2H3,(H2,13,14). The minimum absolute atomic E-state index is 0.0219. The van der Waals surface area contributed by atoms with Crippen molar-refractivity contribution in [3.63, 3.8) is 0 Å². The molecular weight excluding hydrogens is 246 g/mol. The third kappa shape index (κ3) is 2.93. The van der Waals surface area contributed by atoms with Crippen molar-refractivity contribution in [2.75, 3.05) is 37.8 Å². The molecule has 1 aromatic rings. The van der Waals surface area contributed by atoms with Crippen molar-refractivity contribution in [3.8, 4) is 0 Å². The first-order valence-electron chi connectivity index (χ1n) is 6.31. The maximum Gasteiger partial charge on any atom is 0.311 e. The molecule has 1 atom stereocenters. The third-order valence-corrected chi connectivity index (χ3v) is 3.50. The number of aromatic nitrogens is 1. The van der Waals surface area contributed by atoms with E-state index in [1.165, 1.54) is 12.1 Å². The van der Waals surface area contributed by atoms with Crippen molar-refractivity contribution in [2.24, 2.45) is 0 Å². The maximum atomic E-state index is 11.1. The topological polar surface area (TPSA) is 88.5 Å². The number of anilines is 2. The maximum absolute atomic E-state index is 11.1. The number of likely N-dealkylation sites (N-methyl/N-ethyl adjacent to an activating group) is 1. The fourth-order valence-electron chi connectivity index (χ4n) is 2.40. The molecule has 0 spiro atoms. The zero-order valence-corrected chi connectivity index (χ0v) is 11.2. The van der Waals surface area contributed by atoms with E-state index in [-0.39, 0.29) is 5.69 Å². The van der Waals surface area contributed by atoms with Gasteiger partial charge in [-0.15, -0.1) is 0 Å². The van der Waals surface area contributed by atoms with Crippen LogP contribution in [0.1, 0.15) is 12.8 Å². The first-order chi connectivity index (χ1) is 8.99. The molecule has 1 aromatic heterocycles. The van der Waals surface area contributed by atoms with Gasteiger partial charge >= 0.3 is 5.69 Å². The molecule has 1 aliphatic heterocycles. The van der Waals surface area contributed by atoms with Gasteiger partial charge in [0.15, 0.2) is 0 Å². The van der Waals surface area contributed by atoms with Crippen LogP contribution in [0.25, 0.3) is 0 Å². The zero-order chi connectivity index (χ0) is 14.0. The Morgan fingerprint density at radius 2 is 2.26 bits per heavy atom. The molecule has 1 saturated heterocycles. The Morgan fingerprint density at radius 3 is 2.89 bits per heavy atom. The van der Waals surface area contributed by atoms with Crippen molar-refractivity contribution in [1.82, 2.24) is 9.88 Å². The van der Waals surface area contributed by atoms with E-state index in [0.717, 1.165) is 25.9 Å². The van der Waals surface area contributed by atoms with Crippen molar-refractivity contribution >= 4 is 17.3 Å². The van der Waals surface area contributed by atoms with Crippen molar-refractivity contribution in [3.05, 3.63) is 22.2 Å². The second kappa shape index (κ2) is 5.40. The quantitative estimate of drug-likeness (QED) is 0.650. The number of piperidine rings is 1. The number of nitrogens with two attached hydrogens (primary N) is 1. The molecule has 104 valence electrons. The van der Waals surface area contributed by atoms with Crippen molar-refractivity contribution < 1.29 is 4.92 Å². The SMILES string of the molecule is CN(C)C1CCCN(c2nc(N)ccc2[N+](=O)[O-])C1. The highest BCUT2D eigenvalue weighted by molar-refractivity contribution is 5.61. The van der Waals surface area contributed by atoms with Gasteiger partial charge in [0.25, 0.3) is 0 Å². The molecule has 19 heavy (non-hydrogen) atoms. The lowest BCUT2D eigenvalue weighted by Gasteiger charge is -2.36. The number of hydrogen-bond donors (Lipinski definition) is 1. The van der Waals surface area contributed by atoms with Crippen LogP contribution in [0, 0.1) is 10.1 Å². The summed E-state index contributed by atoms with van der Waals surface area (Å²) in [5.74, 6) is 0.698.